The summed E-state index contributed by atoms with van der Waals surface area (Å²) >= 11 is 0. The molecule has 1 unspecified atom stereocenters. The number of aliphatic hydroxyl groups is 1. The van der Waals surface area contributed by atoms with E-state index in [0.717, 1.165) is 24.5 Å². The van der Waals surface area contributed by atoms with Crippen molar-refractivity contribution in [3.8, 4) is 0 Å². The molecule has 0 aliphatic rings. The van der Waals surface area contributed by atoms with E-state index in [1.54, 1.807) is 6.92 Å². The van der Waals surface area contributed by atoms with Crippen molar-refractivity contribution in [1.82, 2.24) is 9.78 Å². The van der Waals surface area contributed by atoms with Crippen LogP contribution in [0.5, 0.6) is 0 Å². The fourth-order valence-electron chi connectivity index (χ4n) is 1.51. The largest absolute Gasteiger partial charge is 0.394 e. The molecule has 0 bridgehead atoms. The quantitative estimate of drug-likeness (QED) is 0.733. The lowest BCUT2D eigenvalue weighted by Crippen LogP contribution is -2.42. The summed E-state index contributed by atoms with van der Waals surface area (Å²) in [4.78, 5) is 0. The van der Waals surface area contributed by atoms with Gasteiger partial charge in [0.2, 0.25) is 0 Å². The second kappa shape index (κ2) is 4.96. The molecule has 1 heterocycles. The van der Waals surface area contributed by atoms with E-state index in [4.69, 9.17) is 5.73 Å². The van der Waals surface area contributed by atoms with Gasteiger partial charge in [-0.15, -0.1) is 0 Å². The lowest BCUT2D eigenvalue weighted by atomic mass is 9.99. The van der Waals surface area contributed by atoms with E-state index in [9.17, 15) is 5.11 Å². The third kappa shape index (κ3) is 2.91. The molecule has 0 saturated heterocycles. The maximum absolute atomic E-state index is 9.73. The number of nitrogens with one attached hydrogen (secondary N) is 1. The molecule has 5 heteroatoms. The third-order valence-electron chi connectivity index (χ3n) is 3.09. The van der Waals surface area contributed by atoms with Gasteiger partial charge in [0.25, 0.3) is 0 Å². The number of nitrogens with zero attached hydrogens (tertiary/aromatic N) is 2. The number of aryl methyl sites for hydroxylation is 2. The van der Waals surface area contributed by atoms with Crippen molar-refractivity contribution in [2.45, 2.75) is 59.2 Å². The summed E-state index contributed by atoms with van der Waals surface area (Å²) in [5, 5.41) is 17.4. The molecule has 0 aromatic carbocycles. The van der Waals surface area contributed by atoms with E-state index >= 15 is 0 Å². The van der Waals surface area contributed by atoms with E-state index in [1.807, 2.05) is 25.5 Å². The van der Waals surface area contributed by atoms with Crippen LogP contribution in [-0.4, -0.2) is 26.5 Å². The molecule has 0 aliphatic carbocycles. The van der Waals surface area contributed by atoms with Gasteiger partial charge in [0.15, 0.2) is 0 Å². The highest BCUT2D eigenvalue weighted by Crippen LogP contribution is 2.27. The number of aromatic nitrogens is 2. The van der Waals surface area contributed by atoms with Crippen molar-refractivity contribution < 1.29 is 5.11 Å². The van der Waals surface area contributed by atoms with Crippen LogP contribution in [0, 0.1) is 6.92 Å². The molecule has 0 amide bonds. The van der Waals surface area contributed by atoms with Crippen LogP contribution in [0.4, 0.5) is 11.5 Å². The first-order valence-corrected chi connectivity index (χ1v) is 6.08. The Morgan fingerprint density at radius 3 is 2.59 bits per heavy atom. The number of anilines is 2. The van der Waals surface area contributed by atoms with Gasteiger partial charge in [0.1, 0.15) is 5.82 Å². The molecule has 98 valence electrons. The van der Waals surface area contributed by atoms with Crippen molar-refractivity contribution >= 4 is 11.5 Å². The zero-order chi connectivity index (χ0) is 13.2. The summed E-state index contributed by atoms with van der Waals surface area (Å²) in [5.74, 6) is 0.801. The molecule has 4 N–H and O–H groups in total. The van der Waals surface area contributed by atoms with Crippen LogP contribution in [0.15, 0.2) is 0 Å². The first kappa shape index (κ1) is 13.8. The molecule has 5 nitrogen and oxygen atoms in total. The summed E-state index contributed by atoms with van der Waals surface area (Å²) in [7, 11) is 0. The van der Waals surface area contributed by atoms with Gasteiger partial charge in [-0.2, -0.15) is 5.10 Å². The third-order valence-corrected chi connectivity index (χ3v) is 3.09. The highest BCUT2D eigenvalue weighted by Gasteiger charge is 2.26. The van der Waals surface area contributed by atoms with Crippen LogP contribution >= 0.6 is 0 Å². The van der Waals surface area contributed by atoms with E-state index in [2.05, 4.69) is 17.3 Å². The van der Waals surface area contributed by atoms with E-state index in [1.165, 1.54) is 0 Å². The molecule has 1 aromatic rings. The van der Waals surface area contributed by atoms with E-state index < -0.39 is 11.6 Å². The summed E-state index contributed by atoms with van der Waals surface area (Å²) in [6.07, 6.45) is 0.511. The number of hydrogen-bond donors (Lipinski definition) is 3. The summed E-state index contributed by atoms with van der Waals surface area (Å²) in [5.41, 5.74) is 7.06. The fraction of sp³-hybridized carbons (Fsp3) is 0.750. The topological polar surface area (TPSA) is 76.1 Å². The van der Waals surface area contributed by atoms with Crippen LogP contribution in [-0.2, 0) is 6.54 Å². The number of hydrogen-bond acceptors (Lipinski definition) is 4. The predicted octanol–water partition coefficient (Wildman–Crippen LogP) is 1.76. The van der Waals surface area contributed by atoms with Crippen molar-refractivity contribution in [3.05, 3.63) is 5.69 Å². The summed E-state index contributed by atoms with van der Waals surface area (Å²) < 4.78 is 1.87. The average Bonchev–Trinajstić information content (AvgIpc) is 2.46. The number of nitrogen functional groups attached to an aromatic ring is 1. The molecular weight excluding hydrogens is 216 g/mol. The molecule has 0 spiro atoms. The number of nitrogens with two attached hydrogens (primary N) is 1. The van der Waals surface area contributed by atoms with Gasteiger partial charge < -0.3 is 16.2 Å². The van der Waals surface area contributed by atoms with Gasteiger partial charge in [-0.3, -0.25) is 0 Å². The molecule has 17 heavy (non-hydrogen) atoms. The maximum Gasteiger partial charge on any atom is 0.148 e. The maximum atomic E-state index is 9.73. The van der Waals surface area contributed by atoms with Gasteiger partial charge in [-0.05, 0) is 34.1 Å². The van der Waals surface area contributed by atoms with Gasteiger partial charge in [0, 0.05) is 6.54 Å². The van der Waals surface area contributed by atoms with Crippen LogP contribution in [0.2, 0.25) is 0 Å². The molecular formula is C12H24N4O. The molecule has 1 atom stereocenters. The Morgan fingerprint density at radius 1 is 1.53 bits per heavy atom. The Kier molecular flexibility index (Phi) is 4.03. The zero-order valence-electron chi connectivity index (χ0n) is 11.4. The van der Waals surface area contributed by atoms with Crippen LogP contribution < -0.4 is 11.1 Å². The molecule has 1 aromatic heterocycles. The minimum absolute atomic E-state index is 0.438. The molecule has 0 fully saturated rings. The second-order valence-electron chi connectivity index (χ2n) is 5.09. The van der Waals surface area contributed by atoms with E-state index in [0.29, 0.717) is 5.69 Å². The monoisotopic (exact) mass is 240 g/mol. The first-order valence-electron chi connectivity index (χ1n) is 6.08. The van der Waals surface area contributed by atoms with Crippen molar-refractivity contribution in [1.29, 1.82) is 0 Å². The van der Waals surface area contributed by atoms with Gasteiger partial charge >= 0.3 is 0 Å². The Balaban J connectivity index is 3.04. The number of aliphatic hydroxyl groups excluding tert-OH is 1. The van der Waals surface area contributed by atoms with Crippen LogP contribution in [0.3, 0.4) is 0 Å². The van der Waals surface area contributed by atoms with Gasteiger partial charge in [-0.25, -0.2) is 4.68 Å². The van der Waals surface area contributed by atoms with Crippen molar-refractivity contribution in [3.63, 3.8) is 0 Å². The molecule has 0 radical (unpaired) electrons. The normalized spacial score (nSPS) is 13.8. The summed E-state index contributed by atoms with van der Waals surface area (Å²) in [6, 6.07) is 0. The lowest BCUT2D eigenvalue weighted by Gasteiger charge is -2.30. The van der Waals surface area contributed by atoms with Crippen LogP contribution in [0.1, 0.15) is 39.8 Å². The Morgan fingerprint density at radius 2 is 2.12 bits per heavy atom. The summed E-state index contributed by atoms with van der Waals surface area (Å²) in [6.45, 7) is 10.4. The van der Waals surface area contributed by atoms with Crippen molar-refractivity contribution in [2.24, 2.45) is 0 Å². The standard InChI is InChI=1S/C12H24N4O/c1-6-7-16-11(10(13)8(2)15-16)14-12(4,5)9(3)17/h9,14,17H,6-7,13H2,1-5H3. The average molecular weight is 240 g/mol. The molecule has 0 aliphatic heterocycles. The first-order chi connectivity index (χ1) is 7.79. The minimum Gasteiger partial charge on any atom is -0.394 e. The molecule has 1 rings (SSSR count). The Bertz CT molecular complexity index is 382. The van der Waals surface area contributed by atoms with Crippen molar-refractivity contribution in [2.75, 3.05) is 11.1 Å². The van der Waals surface area contributed by atoms with Gasteiger partial charge in [0.05, 0.1) is 23.0 Å². The lowest BCUT2D eigenvalue weighted by molar-refractivity contribution is 0.132. The minimum atomic E-state index is -0.479. The van der Waals surface area contributed by atoms with E-state index in [-0.39, 0.29) is 0 Å². The zero-order valence-corrected chi connectivity index (χ0v) is 11.4. The fourth-order valence-corrected chi connectivity index (χ4v) is 1.51. The number of rotatable bonds is 5. The molecule has 0 saturated carbocycles. The smallest absolute Gasteiger partial charge is 0.148 e. The SMILES string of the molecule is CCCn1nc(C)c(N)c1NC(C)(C)C(C)O. The highest BCUT2D eigenvalue weighted by atomic mass is 16.3. The van der Waals surface area contributed by atoms with Crippen LogP contribution in [0.25, 0.3) is 0 Å². The van der Waals surface area contributed by atoms with Gasteiger partial charge in [-0.1, -0.05) is 6.92 Å². The second-order valence-corrected chi connectivity index (χ2v) is 5.09. The Hall–Kier alpha value is -1.23. The Labute approximate surface area is 103 Å². The predicted molar refractivity (Wildman–Crippen MR) is 71.0 cm³/mol. The highest BCUT2D eigenvalue weighted by molar-refractivity contribution is 5.65.